The Hall–Kier alpha value is -2.61. The number of nitrogens with zero attached hydrogens (tertiary/aromatic N) is 1. The molecule has 0 amide bonds. The SMILES string of the molecule is CC(C)c1cc2cc(-c3ncc4ccccc4c3C(C)C)ccc2[nH]1. The average molecular weight is 328 g/mol. The van der Waals surface area contributed by atoms with Gasteiger partial charge < -0.3 is 4.98 Å². The van der Waals surface area contributed by atoms with Crippen molar-refractivity contribution in [2.24, 2.45) is 0 Å². The van der Waals surface area contributed by atoms with Gasteiger partial charge in [-0.3, -0.25) is 4.98 Å². The Labute approximate surface area is 148 Å². The van der Waals surface area contributed by atoms with E-state index in [1.165, 1.54) is 38.5 Å². The lowest BCUT2D eigenvalue weighted by Gasteiger charge is -2.15. The van der Waals surface area contributed by atoms with Crippen molar-refractivity contribution in [2.45, 2.75) is 39.5 Å². The normalized spacial score (nSPS) is 11.9. The third kappa shape index (κ3) is 2.72. The Morgan fingerprint density at radius 3 is 2.40 bits per heavy atom. The Morgan fingerprint density at radius 1 is 0.840 bits per heavy atom. The largest absolute Gasteiger partial charge is 0.358 e. The maximum atomic E-state index is 4.84. The predicted octanol–water partition coefficient (Wildman–Crippen LogP) is 6.63. The lowest BCUT2D eigenvalue weighted by Crippen LogP contribution is -1.97. The van der Waals surface area contributed by atoms with Crippen LogP contribution in [0.1, 0.15) is 50.8 Å². The van der Waals surface area contributed by atoms with E-state index in [0.717, 1.165) is 5.69 Å². The van der Waals surface area contributed by atoms with Crippen molar-refractivity contribution in [3.63, 3.8) is 0 Å². The Kier molecular flexibility index (Phi) is 3.84. The Bertz CT molecular complexity index is 1050. The minimum absolute atomic E-state index is 0.418. The summed E-state index contributed by atoms with van der Waals surface area (Å²) in [5.41, 5.74) is 6.10. The molecule has 4 aromatic rings. The lowest BCUT2D eigenvalue weighted by atomic mass is 9.92. The summed E-state index contributed by atoms with van der Waals surface area (Å²) in [5.74, 6) is 0.919. The fourth-order valence-corrected chi connectivity index (χ4v) is 3.61. The number of benzene rings is 2. The van der Waals surface area contributed by atoms with Crippen molar-refractivity contribution in [1.29, 1.82) is 0 Å². The van der Waals surface area contributed by atoms with Gasteiger partial charge in [0.2, 0.25) is 0 Å². The molecule has 0 saturated heterocycles. The third-order valence-corrected chi connectivity index (χ3v) is 4.95. The molecule has 2 heterocycles. The number of hydrogen-bond acceptors (Lipinski definition) is 1. The fraction of sp³-hybridized carbons (Fsp3) is 0.261. The third-order valence-electron chi connectivity index (χ3n) is 4.95. The number of pyridine rings is 1. The van der Waals surface area contributed by atoms with Crippen LogP contribution in [0.3, 0.4) is 0 Å². The zero-order valence-corrected chi connectivity index (χ0v) is 15.3. The average Bonchev–Trinajstić information content (AvgIpc) is 3.04. The summed E-state index contributed by atoms with van der Waals surface area (Å²) in [7, 11) is 0. The topological polar surface area (TPSA) is 28.7 Å². The molecular formula is C23H24N2. The van der Waals surface area contributed by atoms with Gasteiger partial charge in [0, 0.05) is 33.7 Å². The summed E-state index contributed by atoms with van der Waals surface area (Å²) >= 11 is 0. The van der Waals surface area contributed by atoms with Crippen molar-refractivity contribution in [3.8, 4) is 11.3 Å². The summed E-state index contributed by atoms with van der Waals surface area (Å²) in [5, 5.41) is 3.77. The molecule has 0 fully saturated rings. The van der Waals surface area contributed by atoms with Gasteiger partial charge in [0.25, 0.3) is 0 Å². The van der Waals surface area contributed by atoms with Crippen LogP contribution in [-0.4, -0.2) is 9.97 Å². The van der Waals surface area contributed by atoms with E-state index in [1.807, 2.05) is 6.20 Å². The van der Waals surface area contributed by atoms with Gasteiger partial charge >= 0.3 is 0 Å². The molecule has 0 aliphatic heterocycles. The first-order valence-electron chi connectivity index (χ1n) is 9.05. The molecule has 2 aromatic heterocycles. The quantitative estimate of drug-likeness (QED) is 0.449. The van der Waals surface area contributed by atoms with Gasteiger partial charge in [0.05, 0.1) is 5.69 Å². The van der Waals surface area contributed by atoms with Crippen LogP contribution in [0.2, 0.25) is 0 Å². The van der Waals surface area contributed by atoms with E-state index < -0.39 is 0 Å². The van der Waals surface area contributed by atoms with Gasteiger partial charge in [-0.15, -0.1) is 0 Å². The number of H-pyrrole nitrogens is 1. The molecule has 0 atom stereocenters. The van der Waals surface area contributed by atoms with E-state index in [4.69, 9.17) is 4.98 Å². The molecule has 126 valence electrons. The van der Waals surface area contributed by atoms with E-state index in [0.29, 0.717) is 11.8 Å². The van der Waals surface area contributed by atoms with Crippen LogP contribution in [0.25, 0.3) is 32.9 Å². The second-order valence-electron chi connectivity index (χ2n) is 7.44. The first-order chi connectivity index (χ1) is 12.0. The molecule has 25 heavy (non-hydrogen) atoms. The van der Waals surface area contributed by atoms with Gasteiger partial charge in [-0.2, -0.15) is 0 Å². The monoisotopic (exact) mass is 328 g/mol. The van der Waals surface area contributed by atoms with Crippen LogP contribution in [0.4, 0.5) is 0 Å². The molecule has 4 rings (SSSR count). The van der Waals surface area contributed by atoms with Crippen molar-refractivity contribution < 1.29 is 0 Å². The number of aromatic amines is 1. The Morgan fingerprint density at radius 2 is 1.64 bits per heavy atom. The molecule has 0 aliphatic carbocycles. The highest BCUT2D eigenvalue weighted by Crippen LogP contribution is 2.35. The van der Waals surface area contributed by atoms with E-state index in [2.05, 4.69) is 81.2 Å². The van der Waals surface area contributed by atoms with Crippen LogP contribution in [0.5, 0.6) is 0 Å². The van der Waals surface area contributed by atoms with Crippen LogP contribution >= 0.6 is 0 Å². The molecule has 2 aromatic carbocycles. The molecule has 1 N–H and O–H groups in total. The summed E-state index contributed by atoms with van der Waals surface area (Å²) < 4.78 is 0. The second-order valence-corrected chi connectivity index (χ2v) is 7.44. The van der Waals surface area contributed by atoms with E-state index in [-0.39, 0.29) is 0 Å². The summed E-state index contributed by atoms with van der Waals surface area (Å²) in [6, 6.07) is 17.4. The number of aromatic nitrogens is 2. The smallest absolute Gasteiger partial charge is 0.0743 e. The molecule has 0 radical (unpaired) electrons. The minimum atomic E-state index is 0.418. The van der Waals surface area contributed by atoms with E-state index in [1.54, 1.807) is 0 Å². The zero-order chi connectivity index (χ0) is 17.6. The minimum Gasteiger partial charge on any atom is -0.358 e. The first kappa shape index (κ1) is 15.9. The van der Waals surface area contributed by atoms with E-state index >= 15 is 0 Å². The standard InChI is InChI=1S/C23H24N2/c1-14(2)21-12-18-11-16(9-10-20(18)25-21)23-22(15(3)4)19-8-6-5-7-17(19)13-24-23/h5-15,25H,1-4H3. The highest BCUT2D eigenvalue weighted by Gasteiger charge is 2.15. The zero-order valence-electron chi connectivity index (χ0n) is 15.3. The number of rotatable bonds is 3. The fourth-order valence-electron chi connectivity index (χ4n) is 3.61. The number of nitrogens with one attached hydrogen (secondary N) is 1. The van der Waals surface area contributed by atoms with Crippen LogP contribution in [0.15, 0.2) is 54.7 Å². The van der Waals surface area contributed by atoms with Gasteiger partial charge in [-0.25, -0.2) is 0 Å². The van der Waals surface area contributed by atoms with Crippen LogP contribution in [0, 0.1) is 0 Å². The first-order valence-corrected chi connectivity index (χ1v) is 9.05. The van der Waals surface area contributed by atoms with Gasteiger partial charge in [-0.05, 0) is 41.0 Å². The lowest BCUT2D eigenvalue weighted by molar-refractivity contribution is 0.836. The molecule has 2 nitrogen and oxygen atoms in total. The van der Waals surface area contributed by atoms with Gasteiger partial charge in [0.15, 0.2) is 0 Å². The van der Waals surface area contributed by atoms with Gasteiger partial charge in [-0.1, -0.05) is 58.0 Å². The van der Waals surface area contributed by atoms with Crippen LogP contribution < -0.4 is 0 Å². The number of fused-ring (bicyclic) bond motifs is 2. The number of hydrogen-bond donors (Lipinski definition) is 1. The maximum Gasteiger partial charge on any atom is 0.0743 e. The molecular weight excluding hydrogens is 304 g/mol. The van der Waals surface area contributed by atoms with E-state index in [9.17, 15) is 0 Å². The van der Waals surface area contributed by atoms with Crippen molar-refractivity contribution in [2.75, 3.05) is 0 Å². The maximum absolute atomic E-state index is 4.84. The highest BCUT2D eigenvalue weighted by atomic mass is 14.7. The second kappa shape index (κ2) is 6.03. The molecule has 0 saturated carbocycles. The van der Waals surface area contributed by atoms with Crippen molar-refractivity contribution in [1.82, 2.24) is 9.97 Å². The predicted molar refractivity (Wildman–Crippen MR) is 107 cm³/mol. The van der Waals surface area contributed by atoms with Crippen LogP contribution in [-0.2, 0) is 0 Å². The summed E-state index contributed by atoms with van der Waals surface area (Å²) in [4.78, 5) is 8.36. The molecule has 0 aliphatic rings. The molecule has 2 heteroatoms. The molecule has 0 bridgehead atoms. The molecule has 0 unspecified atom stereocenters. The Balaban J connectivity index is 1.94. The van der Waals surface area contributed by atoms with Crippen molar-refractivity contribution >= 4 is 21.7 Å². The van der Waals surface area contributed by atoms with Crippen molar-refractivity contribution in [3.05, 3.63) is 66.0 Å². The summed E-state index contributed by atoms with van der Waals surface area (Å²) in [6.45, 7) is 8.93. The highest BCUT2D eigenvalue weighted by molar-refractivity contribution is 5.92. The molecule has 0 spiro atoms. The van der Waals surface area contributed by atoms with Gasteiger partial charge in [0.1, 0.15) is 0 Å². The summed E-state index contributed by atoms with van der Waals surface area (Å²) in [6.07, 6.45) is 2.00.